The number of aromatic nitrogens is 3. The fourth-order valence-electron chi connectivity index (χ4n) is 4.43. The lowest BCUT2D eigenvalue weighted by Gasteiger charge is -2.32. The van der Waals surface area contributed by atoms with Gasteiger partial charge in [0.05, 0.1) is 5.75 Å². The van der Waals surface area contributed by atoms with Crippen molar-refractivity contribution in [3.63, 3.8) is 0 Å². The van der Waals surface area contributed by atoms with Crippen molar-refractivity contribution in [1.29, 1.82) is 0 Å². The average Bonchev–Trinajstić information content (AvgIpc) is 3.23. The van der Waals surface area contributed by atoms with Gasteiger partial charge in [-0.15, -0.1) is 10.2 Å². The smallest absolute Gasteiger partial charge is 0.233 e. The van der Waals surface area contributed by atoms with Crippen LogP contribution >= 0.6 is 11.8 Å². The molecule has 2 aliphatic heterocycles. The quantitative estimate of drug-likeness (QED) is 0.516. The van der Waals surface area contributed by atoms with Gasteiger partial charge in [0, 0.05) is 20.1 Å². The van der Waals surface area contributed by atoms with E-state index in [-0.39, 0.29) is 12.0 Å². The molecule has 1 saturated heterocycles. The molecule has 0 N–H and O–H groups in total. The van der Waals surface area contributed by atoms with Crippen LogP contribution in [0.25, 0.3) is 0 Å². The molecule has 0 radical (unpaired) electrons. The van der Waals surface area contributed by atoms with Crippen molar-refractivity contribution < 1.29 is 14.3 Å². The molecule has 2 aliphatic rings. The van der Waals surface area contributed by atoms with Crippen LogP contribution < -0.4 is 9.47 Å². The van der Waals surface area contributed by atoms with Gasteiger partial charge in [0.1, 0.15) is 6.61 Å². The number of fused-ring (bicyclic) bond motifs is 1. The van der Waals surface area contributed by atoms with E-state index < -0.39 is 0 Å². The van der Waals surface area contributed by atoms with E-state index in [1.54, 1.807) is 0 Å². The van der Waals surface area contributed by atoms with Crippen molar-refractivity contribution in [2.24, 2.45) is 13.0 Å². The highest BCUT2D eigenvalue weighted by atomic mass is 32.2. The number of para-hydroxylation sites is 2. The Morgan fingerprint density at radius 2 is 1.76 bits per heavy atom. The van der Waals surface area contributed by atoms with Crippen molar-refractivity contribution in [3.05, 3.63) is 66.0 Å². The summed E-state index contributed by atoms with van der Waals surface area (Å²) in [5, 5.41) is 9.32. The van der Waals surface area contributed by atoms with E-state index in [1.807, 2.05) is 40.8 Å². The number of thioether (sulfide) groups is 1. The second-order valence-electron chi connectivity index (χ2n) is 8.57. The molecule has 8 heteroatoms. The monoisotopic (exact) mass is 464 g/mol. The molecule has 3 heterocycles. The lowest BCUT2D eigenvalue weighted by Crippen LogP contribution is -2.39. The summed E-state index contributed by atoms with van der Waals surface area (Å²) in [6, 6.07) is 18.2. The molecule has 1 amide bonds. The van der Waals surface area contributed by atoms with Gasteiger partial charge in [-0.3, -0.25) is 4.79 Å². The number of likely N-dealkylation sites (tertiary alicyclic amines) is 1. The van der Waals surface area contributed by atoms with E-state index in [4.69, 9.17) is 9.47 Å². The summed E-state index contributed by atoms with van der Waals surface area (Å²) >= 11 is 1.42. The van der Waals surface area contributed by atoms with Crippen LogP contribution in [0.5, 0.6) is 11.5 Å². The van der Waals surface area contributed by atoms with Crippen molar-refractivity contribution in [1.82, 2.24) is 19.7 Å². The first-order valence-corrected chi connectivity index (χ1v) is 12.4. The Hall–Kier alpha value is -3.00. The summed E-state index contributed by atoms with van der Waals surface area (Å²) < 4.78 is 13.8. The number of rotatable bonds is 6. The van der Waals surface area contributed by atoms with Gasteiger partial charge in [-0.2, -0.15) is 0 Å². The molecule has 0 bridgehead atoms. The normalized spacial score (nSPS) is 18.3. The molecule has 1 fully saturated rings. The fourth-order valence-corrected chi connectivity index (χ4v) is 5.25. The van der Waals surface area contributed by atoms with Gasteiger partial charge in [0.25, 0.3) is 0 Å². The second-order valence-corrected chi connectivity index (χ2v) is 9.51. The summed E-state index contributed by atoms with van der Waals surface area (Å²) in [5.41, 5.74) is 1.38. The number of ether oxygens (including phenoxy) is 2. The first-order chi connectivity index (χ1) is 16.2. The third kappa shape index (κ3) is 5.00. The summed E-state index contributed by atoms with van der Waals surface area (Å²) in [7, 11) is 1.90. The molecule has 1 aromatic heterocycles. The van der Waals surface area contributed by atoms with E-state index in [0.717, 1.165) is 38.1 Å². The van der Waals surface area contributed by atoms with Gasteiger partial charge in [0.15, 0.2) is 28.6 Å². The molecular formula is C25H28N4O3S. The number of hydrogen-bond acceptors (Lipinski definition) is 6. The van der Waals surface area contributed by atoms with Crippen molar-refractivity contribution in [3.8, 4) is 11.5 Å². The number of hydrogen-bond donors (Lipinski definition) is 0. The number of piperidine rings is 1. The Balaban J connectivity index is 1.12. The Morgan fingerprint density at radius 3 is 2.55 bits per heavy atom. The molecule has 0 aliphatic carbocycles. The van der Waals surface area contributed by atoms with E-state index in [2.05, 4.69) is 40.5 Å². The molecule has 3 aromatic rings. The van der Waals surface area contributed by atoms with E-state index in [9.17, 15) is 4.79 Å². The minimum absolute atomic E-state index is 0.161. The first-order valence-electron chi connectivity index (χ1n) is 11.4. The van der Waals surface area contributed by atoms with Crippen LogP contribution in [0.2, 0.25) is 0 Å². The minimum atomic E-state index is -0.328. The lowest BCUT2D eigenvalue weighted by molar-refractivity contribution is -0.129. The Morgan fingerprint density at radius 1 is 1.03 bits per heavy atom. The van der Waals surface area contributed by atoms with Gasteiger partial charge >= 0.3 is 0 Å². The van der Waals surface area contributed by atoms with Crippen LogP contribution in [0.15, 0.2) is 59.8 Å². The maximum atomic E-state index is 12.8. The summed E-state index contributed by atoms with van der Waals surface area (Å²) in [6.45, 7) is 2.03. The van der Waals surface area contributed by atoms with E-state index >= 15 is 0 Å². The fraction of sp³-hybridized carbons (Fsp3) is 0.400. The summed E-state index contributed by atoms with van der Waals surface area (Å²) in [5.74, 6) is 3.31. The highest BCUT2D eigenvalue weighted by Crippen LogP contribution is 2.35. The molecule has 0 spiro atoms. The number of carbonyl (C=O) groups is 1. The van der Waals surface area contributed by atoms with Crippen LogP contribution in [-0.4, -0.2) is 51.0 Å². The van der Waals surface area contributed by atoms with Gasteiger partial charge in [-0.05, 0) is 42.9 Å². The van der Waals surface area contributed by atoms with Crippen LogP contribution in [0, 0.1) is 5.92 Å². The second kappa shape index (κ2) is 9.87. The van der Waals surface area contributed by atoms with E-state index in [0.29, 0.717) is 35.0 Å². The first kappa shape index (κ1) is 21.8. The van der Waals surface area contributed by atoms with Gasteiger partial charge < -0.3 is 18.9 Å². The highest BCUT2D eigenvalue weighted by molar-refractivity contribution is 7.99. The molecule has 2 aromatic carbocycles. The van der Waals surface area contributed by atoms with Gasteiger partial charge in [-0.25, -0.2) is 0 Å². The van der Waals surface area contributed by atoms with Crippen LogP contribution in [0.3, 0.4) is 0 Å². The predicted octanol–water partition coefficient (Wildman–Crippen LogP) is 3.90. The molecule has 0 saturated carbocycles. The zero-order chi connectivity index (χ0) is 22.6. The Kier molecular flexibility index (Phi) is 6.53. The molecule has 5 rings (SSSR count). The standard InChI is InChI=1S/C25H28N4O3S/c1-28-24(22-16-31-20-9-5-6-10-21(20)32-22)26-27-25(28)33-17-23(30)29-13-11-19(12-14-29)15-18-7-3-2-4-8-18/h2-10,19,22H,11-17H2,1H3. The third-order valence-corrected chi connectivity index (χ3v) is 7.33. The zero-order valence-electron chi connectivity index (χ0n) is 18.7. The summed E-state index contributed by atoms with van der Waals surface area (Å²) in [6.07, 6.45) is 2.88. The Bertz CT molecular complexity index is 1100. The van der Waals surface area contributed by atoms with Crippen molar-refractivity contribution in [2.75, 3.05) is 25.4 Å². The van der Waals surface area contributed by atoms with Crippen molar-refractivity contribution >= 4 is 17.7 Å². The minimum Gasteiger partial charge on any atom is -0.485 e. The highest BCUT2D eigenvalue weighted by Gasteiger charge is 2.28. The predicted molar refractivity (Wildman–Crippen MR) is 126 cm³/mol. The molecular weight excluding hydrogens is 436 g/mol. The largest absolute Gasteiger partial charge is 0.485 e. The number of nitrogens with zero attached hydrogens (tertiary/aromatic N) is 4. The lowest BCUT2D eigenvalue weighted by atomic mass is 9.90. The number of carbonyl (C=O) groups excluding carboxylic acids is 1. The van der Waals surface area contributed by atoms with Crippen LogP contribution in [-0.2, 0) is 18.3 Å². The van der Waals surface area contributed by atoms with Crippen LogP contribution in [0.4, 0.5) is 0 Å². The summed E-state index contributed by atoms with van der Waals surface area (Å²) in [4.78, 5) is 14.8. The maximum Gasteiger partial charge on any atom is 0.233 e. The van der Waals surface area contributed by atoms with Crippen LogP contribution in [0.1, 0.15) is 30.3 Å². The van der Waals surface area contributed by atoms with Gasteiger partial charge in [0.2, 0.25) is 5.91 Å². The topological polar surface area (TPSA) is 69.5 Å². The van der Waals surface area contributed by atoms with E-state index in [1.165, 1.54) is 17.3 Å². The van der Waals surface area contributed by atoms with Gasteiger partial charge in [-0.1, -0.05) is 54.2 Å². The number of benzene rings is 2. The molecule has 1 atom stereocenters. The van der Waals surface area contributed by atoms with Crippen molar-refractivity contribution in [2.45, 2.75) is 30.5 Å². The molecule has 1 unspecified atom stereocenters. The average molecular weight is 465 g/mol. The third-order valence-electron chi connectivity index (χ3n) is 6.32. The molecule has 7 nitrogen and oxygen atoms in total. The SMILES string of the molecule is Cn1c(SCC(=O)N2CCC(Cc3ccccc3)CC2)nnc1C1COc2ccccc2O1. The molecule has 33 heavy (non-hydrogen) atoms. The zero-order valence-corrected chi connectivity index (χ0v) is 19.5. The Labute approximate surface area is 198 Å². The number of amides is 1. The molecule has 172 valence electrons. The maximum absolute atomic E-state index is 12.8.